The third kappa shape index (κ3) is 3.56. The summed E-state index contributed by atoms with van der Waals surface area (Å²) in [5.74, 6) is 0.765. The van der Waals surface area contributed by atoms with Crippen LogP contribution in [0.1, 0.15) is 13.8 Å². The number of ether oxygens (including phenoxy) is 1. The molecule has 0 unspecified atom stereocenters. The molecule has 1 aliphatic rings. The van der Waals surface area contributed by atoms with Crippen LogP contribution in [0.15, 0.2) is 0 Å². The summed E-state index contributed by atoms with van der Waals surface area (Å²) in [6.45, 7) is 10.2. The number of hydrogen-bond acceptors (Lipinski definition) is 3. The molecule has 1 aliphatic heterocycles. The van der Waals surface area contributed by atoms with E-state index in [1.165, 1.54) is 19.6 Å². The molecule has 1 rings (SSSR count). The molecule has 84 valence electrons. The van der Waals surface area contributed by atoms with E-state index in [9.17, 15) is 0 Å². The fourth-order valence-corrected chi connectivity index (χ4v) is 2.06. The summed E-state index contributed by atoms with van der Waals surface area (Å²) in [4.78, 5) is 4.95. The van der Waals surface area contributed by atoms with Crippen LogP contribution in [-0.2, 0) is 4.74 Å². The Hall–Kier alpha value is -0.120. The molecule has 0 aromatic rings. The molecular formula is C11H24N2O. The Labute approximate surface area is 88.0 Å². The van der Waals surface area contributed by atoms with Crippen molar-refractivity contribution in [1.82, 2.24) is 9.80 Å². The van der Waals surface area contributed by atoms with Crippen molar-refractivity contribution in [3.63, 3.8) is 0 Å². The van der Waals surface area contributed by atoms with Gasteiger partial charge in [-0.1, -0.05) is 13.8 Å². The van der Waals surface area contributed by atoms with Crippen molar-refractivity contribution < 1.29 is 4.74 Å². The van der Waals surface area contributed by atoms with Gasteiger partial charge in [0.2, 0.25) is 0 Å². The van der Waals surface area contributed by atoms with Crippen molar-refractivity contribution in [2.24, 2.45) is 5.92 Å². The van der Waals surface area contributed by atoms with E-state index in [-0.39, 0.29) is 0 Å². The summed E-state index contributed by atoms with van der Waals surface area (Å²) in [6, 6.07) is 0.576. The van der Waals surface area contributed by atoms with Crippen molar-refractivity contribution in [3.8, 4) is 0 Å². The molecule has 0 N–H and O–H groups in total. The molecule has 1 heterocycles. The summed E-state index contributed by atoms with van der Waals surface area (Å²) < 4.78 is 5.24. The van der Waals surface area contributed by atoms with Gasteiger partial charge in [-0.3, -0.25) is 4.90 Å². The average Bonchev–Trinajstić information content (AvgIpc) is 2.10. The topological polar surface area (TPSA) is 15.7 Å². The van der Waals surface area contributed by atoms with Crippen molar-refractivity contribution in [1.29, 1.82) is 0 Å². The predicted octanol–water partition coefficient (Wildman–Crippen LogP) is 0.905. The molecule has 0 aromatic carbocycles. The highest BCUT2D eigenvalue weighted by Crippen LogP contribution is 2.09. The lowest BCUT2D eigenvalue weighted by molar-refractivity contribution is 0.0363. The number of piperazine rings is 1. The molecule has 0 aliphatic carbocycles. The Morgan fingerprint density at radius 2 is 2.07 bits per heavy atom. The Bertz CT molecular complexity index is 161. The molecule has 1 atom stereocenters. The van der Waals surface area contributed by atoms with Gasteiger partial charge in [0.15, 0.2) is 0 Å². The molecule has 3 heteroatoms. The van der Waals surface area contributed by atoms with Crippen LogP contribution in [-0.4, -0.2) is 62.8 Å². The molecule has 1 fully saturated rings. The van der Waals surface area contributed by atoms with Crippen LogP contribution in [0.5, 0.6) is 0 Å². The number of likely N-dealkylation sites (N-methyl/N-ethyl adjacent to an activating group) is 1. The minimum Gasteiger partial charge on any atom is -0.383 e. The summed E-state index contributed by atoms with van der Waals surface area (Å²) in [6.07, 6.45) is 0. The first-order valence-corrected chi connectivity index (χ1v) is 5.55. The van der Waals surface area contributed by atoms with Crippen LogP contribution in [0.2, 0.25) is 0 Å². The predicted molar refractivity (Wildman–Crippen MR) is 59.6 cm³/mol. The lowest BCUT2D eigenvalue weighted by Crippen LogP contribution is -2.53. The van der Waals surface area contributed by atoms with E-state index in [4.69, 9.17) is 4.74 Å². The van der Waals surface area contributed by atoms with Gasteiger partial charge in [0, 0.05) is 39.3 Å². The van der Waals surface area contributed by atoms with Gasteiger partial charge in [-0.15, -0.1) is 0 Å². The van der Waals surface area contributed by atoms with E-state index in [1.54, 1.807) is 7.11 Å². The van der Waals surface area contributed by atoms with Gasteiger partial charge in [0.05, 0.1) is 6.61 Å². The number of hydrogen-bond donors (Lipinski definition) is 0. The fraction of sp³-hybridized carbons (Fsp3) is 1.00. The highest BCUT2D eigenvalue weighted by Gasteiger charge is 2.24. The van der Waals surface area contributed by atoms with E-state index in [1.807, 2.05) is 0 Å². The first-order valence-electron chi connectivity index (χ1n) is 5.55. The van der Waals surface area contributed by atoms with E-state index in [0.717, 1.165) is 19.1 Å². The molecule has 0 saturated carbocycles. The highest BCUT2D eigenvalue weighted by atomic mass is 16.5. The van der Waals surface area contributed by atoms with Gasteiger partial charge in [-0.25, -0.2) is 0 Å². The normalized spacial score (nSPS) is 25.9. The third-order valence-electron chi connectivity index (χ3n) is 2.84. The standard InChI is InChI=1S/C11H24N2O/c1-10(2)7-13-6-5-12(3)11(8-13)9-14-4/h10-11H,5-9H2,1-4H3/t11-/m0/s1. The van der Waals surface area contributed by atoms with Crippen molar-refractivity contribution in [3.05, 3.63) is 0 Å². The lowest BCUT2D eigenvalue weighted by atomic mass is 10.1. The molecule has 0 bridgehead atoms. The molecule has 14 heavy (non-hydrogen) atoms. The second-order valence-electron chi connectivity index (χ2n) is 4.74. The zero-order valence-corrected chi connectivity index (χ0v) is 9.99. The molecule has 0 spiro atoms. The van der Waals surface area contributed by atoms with Crippen molar-refractivity contribution in [2.75, 3.05) is 46.9 Å². The molecule has 0 amide bonds. The van der Waals surface area contributed by atoms with Crippen LogP contribution in [0.3, 0.4) is 0 Å². The molecule has 0 aromatic heterocycles. The Balaban J connectivity index is 2.36. The maximum absolute atomic E-state index is 5.24. The zero-order valence-electron chi connectivity index (χ0n) is 9.99. The summed E-state index contributed by atoms with van der Waals surface area (Å²) in [5.41, 5.74) is 0. The SMILES string of the molecule is COC[C@@H]1CN(CC(C)C)CCN1C. The smallest absolute Gasteiger partial charge is 0.0630 e. The third-order valence-corrected chi connectivity index (χ3v) is 2.84. The summed E-state index contributed by atoms with van der Waals surface area (Å²) >= 11 is 0. The first kappa shape index (κ1) is 12.0. The quantitative estimate of drug-likeness (QED) is 0.671. The zero-order chi connectivity index (χ0) is 10.6. The molecule has 3 nitrogen and oxygen atoms in total. The van der Waals surface area contributed by atoms with Gasteiger partial charge in [-0.05, 0) is 13.0 Å². The minimum atomic E-state index is 0.576. The maximum Gasteiger partial charge on any atom is 0.0630 e. The highest BCUT2D eigenvalue weighted by molar-refractivity contribution is 4.80. The summed E-state index contributed by atoms with van der Waals surface area (Å²) in [7, 11) is 3.98. The van der Waals surface area contributed by atoms with Crippen LogP contribution >= 0.6 is 0 Å². The van der Waals surface area contributed by atoms with Crippen LogP contribution < -0.4 is 0 Å². The van der Waals surface area contributed by atoms with Crippen molar-refractivity contribution >= 4 is 0 Å². The molecule has 0 radical (unpaired) electrons. The summed E-state index contributed by atoms with van der Waals surface area (Å²) in [5, 5.41) is 0. The van der Waals surface area contributed by atoms with E-state index < -0.39 is 0 Å². The van der Waals surface area contributed by atoms with E-state index >= 15 is 0 Å². The monoisotopic (exact) mass is 200 g/mol. The first-order chi connectivity index (χ1) is 6.63. The van der Waals surface area contributed by atoms with Gasteiger partial charge in [0.1, 0.15) is 0 Å². The van der Waals surface area contributed by atoms with Crippen LogP contribution in [0.25, 0.3) is 0 Å². The second kappa shape index (κ2) is 5.69. The molecular weight excluding hydrogens is 176 g/mol. The van der Waals surface area contributed by atoms with E-state index in [2.05, 4.69) is 30.7 Å². The van der Waals surface area contributed by atoms with Gasteiger partial charge in [0.25, 0.3) is 0 Å². The van der Waals surface area contributed by atoms with Gasteiger partial charge in [-0.2, -0.15) is 0 Å². The van der Waals surface area contributed by atoms with E-state index in [0.29, 0.717) is 6.04 Å². The Kier molecular flexibility index (Phi) is 4.85. The maximum atomic E-state index is 5.24. The fourth-order valence-electron chi connectivity index (χ4n) is 2.06. The average molecular weight is 200 g/mol. The Morgan fingerprint density at radius 1 is 1.36 bits per heavy atom. The van der Waals surface area contributed by atoms with Crippen LogP contribution in [0, 0.1) is 5.92 Å². The number of nitrogens with zero attached hydrogens (tertiary/aromatic N) is 2. The number of rotatable bonds is 4. The largest absolute Gasteiger partial charge is 0.383 e. The van der Waals surface area contributed by atoms with Crippen molar-refractivity contribution in [2.45, 2.75) is 19.9 Å². The van der Waals surface area contributed by atoms with Crippen LogP contribution in [0.4, 0.5) is 0 Å². The Morgan fingerprint density at radius 3 is 2.64 bits per heavy atom. The second-order valence-corrected chi connectivity index (χ2v) is 4.74. The minimum absolute atomic E-state index is 0.576. The number of methoxy groups -OCH3 is 1. The lowest BCUT2D eigenvalue weighted by Gasteiger charge is -2.39. The van der Waals surface area contributed by atoms with Gasteiger partial charge < -0.3 is 9.64 Å². The molecule has 1 saturated heterocycles. The van der Waals surface area contributed by atoms with Gasteiger partial charge >= 0.3 is 0 Å².